The molecule has 5 nitrogen and oxygen atoms in total. The van der Waals surface area contributed by atoms with E-state index in [1.807, 2.05) is 0 Å². The molecular weight excluding hydrogens is 263 g/mol. The Morgan fingerprint density at radius 2 is 1.95 bits per heavy atom. The zero-order chi connectivity index (χ0) is 14.3. The number of alkyl halides is 3. The van der Waals surface area contributed by atoms with Gasteiger partial charge in [0, 0.05) is 32.6 Å². The molecular formula is C11H18F3N3O2. The summed E-state index contributed by atoms with van der Waals surface area (Å²) >= 11 is 0. The summed E-state index contributed by atoms with van der Waals surface area (Å²) in [5, 5.41) is 5.31. The Bertz CT molecular complexity index is 313. The predicted molar refractivity (Wildman–Crippen MR) is 62.4 cm³/mol. The highest BCUT2D eigenvalue weighted by molar-refractivity contribution is 6.35. The lowest BCUT2D eigenvalue weighted by Crippen LogP contribution is -2.44. The molecule has 1 heterocycles. The molecule has 1 aliphatic rings. The summed E-state index contributed by atoms with van der Waals surface area (Å²) in [6, 6.07) is 0. The number of hydrogen-bond acceptors (Lipinski definition) is 3. The topological polar surface area (TPSA) is 61.4 Å². The van der Waals surface area contributed by atoms with Gasteiger partial charge >= 0.3 is 18.0 Å². The first-order chi connectivity index (χ1) is 8.90. The molecule has 0 aromatic carbocycles. The van der Waals surface area contributed by atoms with Gasteiger partial charge in [-0.1, -0.05) is 0 Å². The molecule has 0 aromatic rings. The third-order valence-corrected chi connectivity index (χ3v) is 2.74. The Kier molecular flexibility index (Phi) is 6.07. The molecule has 0 unspecified atom stereocenters. The standard InChI is InChI=1S/C11H18F3N3O2/c12-11(13,14)3-1-5-16-9(18)10(19)17-7-2-4-15-6-8-17/h15H,1-8H2,(H,16,18). The third-order valence-electron chi connectivity index (χ3n) is 2.74. The average Bonchev–Trinajstić information content (AvgIpc) is 2.61. The molecule has 8 heteroatoms. The largest absolute Gasteiger partial charge is 0.389 e. The van der Waals surface area contributed by atoms with E-state index in [-0.39, 0.29) is 13.0 Å². The molecule has 0 aromatic heterocycles. The number of carbonyl (C=O) groups excluding carboxylic acids is 2. The summed E-state index contributed by atoms with van der Waals surface area (Å²) in [5.74, 6) is -1.50. The molecule has 2 N–H and O–H groups in total. The van der Waals surface area contributed by atoms with Crippen molar-refractivity contribution < 1.29 is 22.8 Å². The highest BCUT2D eigenvalue weighted by Crippen LogP contribution is 2.20. The summed E-state index contributed by atoms with van der Waals surface area (Å²) in [6.07, 6.45) is -4.66. The molecule has 19 heavy (non-hydrogen) atoms. The van der Waals surface area contributed by atoms with Crippen molar-refractivity contribution in [3.8, 4) is 0 Å². The predicted octanol–water partition coefficient (Wildman–Crippen LogP) is 0.267. The number of hydrogen-bond donors (Lipinski definition) is 2. The van der Waals surface area contributed by atoms with Gasteiger partial charge in [0.05, 0.1) is 0 Å². The van der Waals surface area contributed by atoms with E-state index in [2.05, 4.69) is 10.6 Å². The van der Waals surface area contributed by atoms with Crippen LogP contribution in [-0.2, 0) is 9.59 Å². The first-order valence-electron chi connectivity index (χ1n) is 6.25. The van der Waals surface area contributed by atoms with Crippen molar-refractivity contribution in [1.82, 2.24) is 15.5 Å². The lowest BCUT2D eigenvalue weighted by Gasteiger charge is -2.19. The molecule has 1 saturated heterocycles. The molecule has 1 fully saturated rings. The first kappa shape index (κ1) is 15.7. The smallest absolute Gasteiger partial charge is 0.348 e. The monoisotopic (exact) mass is 281 g/mol. The van der Waals surface area contributed by atoms with Gasteiger partial charge in [0.15, 0.2) is 0 Å². The van der Waals surface area contributed by atoms with Gasteiger partial charge in [-0.2, -0.15) is 13.2 Å². The first-order valence-corrected chi connectivity index (χ1v) is 6.25. The van der Waals surface area contributed by atoms with Crippen molar-refractivity contribution in [1.29, 1.82) is 0 Å². The molecule has 0 aliphatic carbocycles. The molecule has 0 bridgehead atoms. The summed E-state index contributed by atoms with van der Waals surface area (Å²) in [7, 11) is 0. The maximum absolute atomic E-state index is 11.9. The van der Waals surface area contributed by atoms with Gasteiger partial charge in [-0.3, -0.25) is 9.59 Å². The van der Waals surface area contributed by atoms with Crippen molar-refractivity contribution in [2.24, 2.45) is 0 Å². The SMILES string of the molecule is O=C(NCCCC(F)(F)F)C(=O)N1CCCNCC1. The van der Waals surface area contributed by atoms with Crippen LogP contribution in [0.3, 0.4) is 0 Å². The number of halogens is 3. The van der Waals surface area contributed by atoms with Crippen LogP contribution in [0.15, 0.2) is 0 Å². The molecule has 0 atom stereocenters. The fraction of sp³-hybridized carbons (Fsp3) is 0.818. The fourth-order valence-electron chi connectivity index (χ4n) is 1.76. The molecule has 110 valence electrons. The van der Waals surface area contributed by atoms with Crippen LogP contribution >= 0.6 is 0 Å². The summed E-state index contributed by atoms with van der Waals surface area (Å²) in [5.41, 5.74) is 0. The molecule has 1 rings (SSSR count). The molecule has 0 spiro atoms. The Morgan fingerprint density at radius 3 is 2.63 bits per heavy atom. The zero-order valence-electron chi connectivity index (χ0n) is 10.6. The number of carbonyl (C=O) groups is 2. The minimum atomic E-state index is -4.23. The quantitative estimate of drug-likeness (QED) is 0.576. The third kappa shape index (κ3) is 6.42. The van der Waals surface area contributed by atoms with E-state index in [1.54, 1.807) is 0 Å². The van der Waals surface area contributed by atoms with Crippen molar-refractivity contribution in [3.05, 3.63) is 0 Å². The Balaban J connectivity index is 2.26. The molecule has 0 radical (unpaired) electrons. The van der Waals surface area contributed by atoms with Crippen LogP contribution in [0.25, 0.3) is 0 Å². The number of rotatable bonds is 3. The molecule has 1 aliphatic heterocycles. The average molecular weight is 281 g/mol. The lowest BCUT2D eigenvalue weighted by atomic mass is 10.3. The van der Waals surface area contributed by atoms with Crippen LogP contribution in [0.1, 0.15) is 19.3 Å². The van der Waals surface area contributed by atoms with Gasteiger partial charge in [0.25, 0.3) is 0 Å². The van der Waals surface area contributed by atoms with E-state index in [0.29, 0.717) is 19.6 Å². The van der Waals surface area contributed by atoms with Crippen LogP contribution in [0.5, 0.6) is 0 Å². The second-order valence-corrected chi connectivity index (χ2v) is 4.37. The zero-order valence-corrected chi connectivity index (χ0v) is 10.6. The van der Waals surface area contributed by atoms with Gasteiger partial charge < -0.3 is 15.5 Å². The minimum Gasteiger partial charge on any atom is -0.348 e. The van der Waals surface area contributed by atoms with Crippen LogP contribution < -0.4 is 10.6 Å². The van der Waals surface area contributed by atoms with Crippen molar-refractivity contribution >= 4 is 11.8 Å². The maximum atomic E-state index is 11.9. The maximum Gasteiger partial charge on any atom is 0.389 e. The second kappa shape index (κ2) is 7.32. The van der Waals surface area contributed by atoms with E-state index < -0.39 is 24.4 Å². The van der Waals surface area contributed by atoms with E-state index >= 15 is 0 Å². The Morgan fingerprint density at radius 1 is 1.21 bits per heavy atom. The second-order valence-electron chi connectivity index (χ2n) is 4.37. The summed E-state index contributed by atoms with van der Waals surface area (Å²) < 4.78 is 35.6. The van der Waals surface area contributed by atoms with Crippen molar-refractivity contribution in [2.75, 3.05) is 32.7 Å². The highest BCUT2D eigenvalue weighted by Gasteiger charge is 2.27. The number of nitrogens with one attached hydrogen (secondary N) is 2. The number of nitrogens with zero attached hydrogens (tertiary/aromatic N) is 1. The lowest BCUT2D eigenvalue weighted by molar-refractivity contribution is -0.146. The molecule has 2 amide bonds. The van der Waals surface area contributed by atoms with Crippen LogP contribution in [0, 0.1) is 0 Å². The Hall–Kier alpha value is -1.31. The van der Waals surface area contributed by atoms with Crippen LogP contribution in [-0.4, -0.2) is 55.6 Å². The fourth-order valence-corrected chi connectivity index (χ4v) is 1.76. The van der Waals surface area contributed by atoms with E-state index in [4.69, 9.17) is 0 Å². The van der Waals surface area contributed by atoms with E-state index in [9.17, 15) is 22.8 Å². The van der Waals surface area contributed by atoms with Gasteiger partial charge in [-0.25, -0.2) is 0 Å². The summed E-state index contributed by atoms with van der Waals surface area (Å²) in [6.45, 7) is 2.19. The van der Waals surface area contributed by atoms with Gasteiger partial charge in [0.1, 0.15) is 0 Å². The normalized spacial score (nSPS) is 16.9. The Labute approximate surface area is 109 Å². The van der Waals surface area contributed by atoms with Crippen LogP contribution in [0.2, 0.25) is 0 Å². The van der Waals surface area contributed by atoms with Crippen molar-refractivity contribution in [3.63, 3.8) is 0 Å². The number of amides is 2. The highest BCUT2D eigenvalue weighted by atomic mass is 19.4. The van der Waals surface area contributed by atoms with Gasteiger partial charge in [-0.05, 0) is 19.4 Å². The minimum absolute atomic E-state index is 0.143. The van der Waals surface area contributed by atoms with Crippen LogP contribution in [0.4, 0.5) is 13.2 Å². The summed E-state index contributed by atoms with van der Waals surface area (Å²) in [4.78, 5) is 24.6. The van der Waals surface area contributed by atoms with Gasteiger partial charge in [0.2, 0.25) is 0 Å². The molecule has 0 saturated carbocycles. The van der Waals surface area contributed by atoms with Gasteiger partial charge in [-0.15, -0.1) is 0 Å². The van der Waals surface area contributed by atoms with E-state index in [0.717, 1.165) is 13.0 Å². The van der Waals surface area contributed by atoms with E-state index in [1.165, 1.54) is 4.90 Å². The van der Waals surface area contributed by atoms with Crippen molar-refractivity contribution in [2.45, 2.75) is 25.4 Å².